The number of benzene rings is 1. The molecule has 1 fully saturated rings. The number of hydrogen-bond acceptors (Lipinski definition) is 8. The van der Waals surface area contributed by atoms with Crippen LogP contribution in [0, 0.1) is 269 Å². The molecule has 1 aromatic heterocycles. The number of aromatic nitrogens is 2. The molecule has 0 saturated carbocycles. The average molecular weight is 1080 g/mol. The van der Waals surface area contributed by atoms with E-state index in [1.54, 1.807) is 19.1 Å². The highest BCUT2D eigenvalue weighted by atomic mass is 16.6. The van der Waals surface area contributed by atoms with E-state index in [0.717, 1.165) is 0 Å². The molecule has 0 bridgehead atoms. The van der Waals surface area contributed by atoms with Crippen LogP contribution in [0.25, 0.3) is 0 Å². The fourth-order valence-corrected chi connectivity index (χ4v) is 5.10. The summed E-state index contributed by atoms with van der Waals surface area (Å²) in [5, 5.41) is 2.74. The van der Waals surface area contributed by atoms with Crippen molar-refractivity contribution in [1.82, 2.24) is 14.9 Å². The number of rotatable bonds is 10. The molecule has 0 spiro atoms. The summed E-state index contributed by atoms with van der Waals surface area (Å²) >= 11 is 0. The highest BCUT2D eigenvalue weighted by Gasteiger charge is 2.38. The molecule has 3 atom stereocenters. The molecular formula is C66H115N3O8. The summed E-state index contributed by atoms with van der Waals surface area (Å²) in [5.41, 5.74) is -0.313. The van der Waals surface area contributed by atoms with E-state index < -0.39 is 41.6 Å². The fraction of sp³-hybridized carbons (Fsp3) is 0.152. The van der Waals surface area contributed by atoms with Gasteiger partial charge in [0.1, 0.15) is 36.0 Å². The molecule has 11 nitrogen and oxygen atoms in total. The van der Waals surface area contributed by atoms with Crippen LogP contribution in [0.4, 0.5) is 0 Å². The van der Waals surface area contributed by atoms with Gasteiger partial charge in [-0.05, 0) is 126 Å². The van der Waals surface area contributed by atoms with E-state index in [-0.39, 0.29) is 100 Å². The number of amides is 1. The smallest absolute Gasteiger partial charge is 0.330 e. The monoisotopic (exact) mass is 1080 g/mol. The number of aryl methyl sites for hydroxylation is 1. The van der Waals surface area contributed by atoms with E-state index in [4.69, 9.17) is 31.8 Å². The molecule has 0 aliphatic carbocycles. The Morgan fingerprint density at radius 3 is 1.35 bits per heavy atom. The Hall–Kier alpha value is -13.3. The van der Waals surface area contributed by atoms with Gasteiger partial charge < -0.3 is 24.3 Å². The number of carbonyl (C=O) groups excluding carboxylic acids is 2. The van der Waals surface area contributed by atoms with Crippen LogP contribution in [0.15, 0.2) is 34.0 Å². The maximum absolute atomic E-state index is 12.9. The highest BCUT2D eigenvalue weighted by Crippen LogP contribution is 2.32. The summed E-state index contributed by atoms with van der Waals surface area (Å²) in [7, 11) is 0. The Morgan fingerprint density at radius 1 is 0.597 bits per heavy atom. The molecule has 77 heavy (non-hydrogen) atoms. The number of aromatic amines is 1. The van der Waals surface area contributed by atoms with Gasteiger partial charge in [0.25, 0.3) is 5.56 Å². The molecule has 442 valence electrons. The highest BCUT2D eigenvalue weighted by molar-refractivity contribution is 5.81. The van der Waals surface area contributed by atoms with Gasteiger partial charge in [0.2, 0.25) is 5.91 Å². The van der Waals surface area contributed by atoms with Crippen LogP contribution in [0.5, 0.6) is 11.5 Å². The Labute approximate surface area is 513 Å². The molecule has 3 unspecified atom stereocenters. The Kier molecular flexibility index (Phi) is 28.3. The van der Waals surface area contributed by atoms with Crippen LogP contribution in [0.2, 0.25) is 0 Å². The first-order valence-corrected chi connectivity index (χ1v) is 21.6. The normalized spacial score (nSPS) is 10.9. The van der Waals surface area contributed by atoms with Crippen LogP contribution < -0.4 is 26.0 Å². The SMILES string of the molecule is C#CC#CC#CC#CC#CC#CC#CC#CC#CC#CC#COc1cc(CNC(=O)CCC(=O)OC2CC(n3cc(C)c(=O)[nH]c3=O)OC2CC)cc(OC#CC#CC#CC#CC#CC#CC#CC#CC#CC#CC#C)c1.[HH].[HH].[HH].[HH].[HH].[HH].[HH].[HH].[HH].[HH].[HH].[HH].[HH].[HH].[HH].[HH].[HH].[HH].[HH].[HH].[HH].[HH].[HH].[HH].[HH].[HH].[HH].[HH].[HH].[HH].[HH].[HH].[HH].[HH].[HH].[HH].[HH].[HH].[HH].[HH].[HH].[HH].[HH].[HH]. The Morgan fingerprint density at radius 2 is 0.974 bits per heavy atom. The van der Waals surface area contributed by atoms with Crippen molar-refractivity contribution in [3.05, 3.63) is 56.4 Å². The molecular weight excluding hydrogens is 963 g/mol. The summed E-state index contributed by atoms with van der Waals surface area (Å²) < 4.78 is 24.0. The first-order chi connectivity index (χ1) is 37.7. The fourth-order valence-electron chi connectivity index (χ4n) is 5.10. The van der Waals surface area contributed by atoms with Crippen LogP contribution in [-0.2, 0) is 25.6 Å². The standard InChI is InChI=1S/C66H27N3O8.44H2/c1-5-8-10-12-14-16-18-20-22-24-26-28-30-32-34-36-38-40-42-44-48-74-58-50-57(51-59(52-58)75-49-45-43-41-39-37-35-33-31-29-27-25-23-21-19-17-15-13-11-9-6-2)54-67-62(70)46-47-64(71)77-61-53-63(76-60(61)7-3)69-55-56(4)65(72)68-66(69)73;;;;;;;;;;;;;;;;;;;;;;;;;;;;;;;;;;;;;;;;;;;;/h1-2,50-52,55,60-61,63H,7,46-47,53-54H2,3-4H3,(H,67,70)(H,68,72,73);44*1H. The van der Waals surface area contributed by atoms with Crippen molar-refractivity contribution >= 4 is 11.9 Å². The number of terminal acetylenes is 2. The minimum atomic E-state index is -0.756. The second kappa shape index (κ2) is 37.6. The lowest BCUT2D eigenvalue weighted by atomic mass is 10.1. The average Bonchev–Trinajstić information content (AvgIpc) is 1.70. The first kappa shape index (κ1) is 58.0. The molecule has 11 heteroatoms. The molecule has 0 radical (unpaired) electrons. The number of nitrogens with zero attached hydrogens (tertiary/aromatic N) is 1. The third kappa shape index (κ3) is 26.9. The van der Waals surface area contributed by atoms with Gasteiger partial charge in [-0.15, -0.1) is 12.8 Å². The van der Waals surface area contributed by atoms with Gasteiger partial charge in [0, 0.05) is 242 Å². The Bertz CT molecular complexity index is 4210. The summed E-state index contributed by atoms with van der Waals surface area (Å²) in [6, 6.07) is 4.66. The van der Waals surface area contributed by atoms with Crippen molar-refractivity contribution in [3.8, 4) is 273 Å². The maximum atomic E-state index is 12.9. The topological polar surface area (TPSA) is 138 Å². The maximum Gasteiger partial charge on any atom is 0.330 e. The third-order valence-electron chi connectivity index (χ3n) is 8.14. The predicted octanol–water partition coefficient (Wildman–Crippen LogP) is 12.4. The zero-order valence-electron chi connectivity index (χ0n) is 40.4. The van der Waals surface area contributed by atoms with E-state index in [1.165, 1.54) is 16.8 Å². The number of ether oxygens (including phenoxy) is 4. The van der Waals surface area contributed by atoms with Gasteiger partial charge in [-0.3, -0.25) is 23.9 Å². The van der Waals surface area contributed by atoms with E-state index in [2.05, 4.69) is 259 Å². The van der Waals surface area contributed by atoms with E-state index >= 15 is 0 Å². The lowest BCUT2D eigenvalue weighted by molar-refractivity contribution is -0.153. The quantitative estimate of drug-likeness (QED) is 0.177. The van der Waals surface area contributed by atoms with E-state index in [0.29, 0.717) is 17.5 Å². The molecule has 1 aromatic carbocycles. The number of esters is 1. The van der Waals surface area contributed by atoms with Gasteiger partial charge in [-0.1, -0.05) is 6.92 Å². The van der Waals surface area contributed by atoms with Crippen LogP contribution in [0.1, 0.15) is 113 Å². The van der Waals surface area contributed by atoms with Gasteiger partial charge >= 0.3 is 11.7 Å². The zero-order chi connectivity index (χ0) is 55.2. The van der Waals surface area contributed by atoms with Gasteiger partial charge in [-0.2, -0.15) is 0 Å². The molecule has 2 heterocycles. The lowest BCUT2D eigenvalue weighted by Crippen LogP contribution is -2.33. The molecule has 2 N–H and O–H groups in total. The molecule has 2 aromatic rings. The number of hydrogen-bond donors (Lipinski definition) is 2. The van der Waals surface area contributed by atoms with Crippen LogP contribution in [-0.4, -0.2) is 33.6 Å². The molecule has 3 rings (SSSR count). The van der Waals surface area contributed by atoms with E-state index in [9.17, 15) is 19.2 Å². The minimum absolute atomic E-state index is 0. The number of nitrogens with one attached hydrogen (secondary N) is 2. The molecule has 1 aliphatic heterocycles. The first-order valence-electron chi connectivity index (χ1n) is 21.6. The van der Waals surface area contributed by atoms with Gasteiger partial charge in [0.15, 0.2) is 0 Å². The van der Waals surface area contributed by atoms with E-state index in [1.807, 2.05) is 6.92 Å². The van der Waals surface area contributed by atoms with Crippen molar-refractivity contribution in [1.29, 1.82) is 0 Å². The number of carbonyl (C=O) groups is 2. The van der Waals surface area contributed by atoms with Gasteiger partial charge in [-0.25, -0.2) is 4.79 Å². The van der Waals surface area contributed by atoms with Crippen LogP contribution in [0.3, 0.4) is 0 Å². The molecule has 1 amide bonds. The summed E-state index contributed by atoms with van der Waals surface area (Å²) in [6.07, 6.45) is 14.5. The van der Waals surface area contributed by atoms with Crippen molar-refractivity contribution in [2.45, 2.75) is 64.5 Å². The molecule has 1 aliphatic rings. The molecule has 1 saturated heterocycles. The summed E-state index contributed by atoms with van der Waals surface area (Å²) in [6.45, 7) is 3.39. The predicted molar refractivity (Wildman–Crippen MR) is 380 cm³/mol. The van der Waals surface area contributed by atoms with Crippen molar-refractivity contribution in [3.63, 3.8) is 0 Å². The summed E-state index contributed by atoms with van der Waals surface area (Å²) in [4.78, 5) is 52.3. The third-order valence-corrected chi connectivity index (χ3v) is 8.14. The summed E-state index contributed by atoms with van der Waals surface area (Å²) in [5.74, 6) is 97.6. The Balaban J connectivity index is -0.0000000355. The van der Waals surface area contributed by atoms with Gasteiger partial charge in [0.05, 0.1) is 12.5 Å². The largest absolute Gasteiger partial charge is 0.459 e. The van der Waals surface area contributed by atoms with Crippen LogP contribution >= 0.6 is 0 Å². The minimum Gasteiger partial charge on any atom is -0.459 e. The van der Waals surface area contributed by atoms with Crippen molar-refractivity contribution in [2.24, 2.45) is 0 Å². The van der Waals surface area contributed by atoms with Crippen molar-refractivity contribution < 1.29 is 91.3 Å². The second-order valence-electron chi connectivity index (χ2n) is 13.3. The number of H-pyrrole nitrogens is 1. The zero-order valence-corrected chi connectivity index (χ0v) is 40.4. The lowest BCUT2D eigenvalue weighted by Gasteiger charge is -2.17. The van der Waals surface area contributed by atoms with Crippen molar-refractivity contribution in [2.75, 3.05) is 0 Å². The second-order valence-corrected chi connectivity index (χ2v) is 13.3.